The normalized spacial score (nSPS) is 21.2. The second-order valence-electron chi connectivity index (χ2n) is 5.60. The fourth-order valence-corrected chi connectivity index (χ4v) is 3.75. The molecular formula is C10H22N2O3S. The van der Waals surface area contributed by atoms with Gasteiger partial charge in [0.25, 0.3) is 10.2 Å². The average molecular weight is 250 g/mol. The molecule has 0 atom stereocenters. The van der Waals surface area contributed by atoms with Crippen molar-refractivity contribution in [3.63, 3.8) is 0 Å². The highest BCUT2D eigenvalue weighted by Crippen LogP contribution is 2.29. The lowest BCUT2D eigenvalue weighted by Crippen LogP contribution is -2.56. The van der Waals surface area contributed by atoms with Crippen LogP contribution in [0.3, 0.4) is 0 Å². The van der Waals surface area contributed by atoms with Gasteiger partial charge in [-0.15, -0.1) is 0 Å². The maximum absolute atomic E-state index is 11.8. The van der Waals surface area contributed by atoms with E-state index in [0.29, 0.717) is 12.8 Å². The Hall–Kier alpha value is -0.170. The van der Waals surface area contributed by atoms with Gasteiger partial charge in [-0.2, -0.15) is 17.9 Å². The van der Waals surface area contributed by atoms with Crippen LogP contribution in [0.15, 0.2) is 0 Å². The van der Waals surface area contributed by atoms with E-state index in [1.165, 1.54) is 0 Å². The Balaban J connectivity index is 2.71. The second-order valence-corrected chi connectivity index (χ2v) is 7.02. The van der Waals surface area contributed by atoms with E-state index < -0.39 is 21.3 Å². The molecule has 1 fully saturated rings. The van der Waals surface area contributed by atoms with Crippen LogP contribution in [0.2, 0.25) is 0 Å². The van der Waals surface area contributed by atoms with Crippen molar-refractivity contribution < 1.29 is 13.5 Å². The van der Waals surface area contributed by atoms with Crippen LogP contribution in [0.25, 0.3) is 0 Å². The summed E-state index contributed by atoms with van der Waals surface area (Å²) in [6.07, 6.45) is 3.32. The van der Waals surface area contributed by atoms with Gasteiger partial charge >= 0.3 is 0 Å². The fourth-order valence-electron chi connectivity index (χ4n) is 2.06. The lowest BCUT2D eigenvalue weighted by Gasteiger charge is -2.30. The largest absolute Gasteiger partial charge is 0.394 e. The Morgan fingerprint density at radius 3 is 2.12 bits per heavy atom. The number of hydrogen-bond donors (Lipinski definition) is 3. The third-order valence-corrected chi connectivity index (χ3v) is 4.24. The molecule has 1 saturated carbocycles. The summed E-state index contributed by atoms with van der Waals surface area (Å²) in [7, 11) is -3.55. The first-order chi connectivity index (χ1) is 7.18. The van der Waals surface area contributed by atoms with Crippen molar-refractivity contribution in [2.45, 2.75) is 57.5 Å². The van der Waals surface area contributed by atoms with Gasteiger partial charge in [-0.1, -0.05) is 12.8 Å². The highest BCUT2D eigenvalue weighted by molar-refractivity contribution is 7.87. The van der Waals surface area contributed by atoms with Crippen LogP contribution in [0.1, 0.15) is 46.5 Å². The lowest BCUT2D eigenvalue weighted by atomic mass is 10.0. The van der Waals surface area contributed by atoms with Crippen LogP contribution >= 0.6 is 0 Å². The van der Waals surface area contributed by atoms with Crippen LogP contribution in [0.4, 0.5) is 0 Å². The third-order valence-electron chi connectivity index (χ3n) is 2.65. The predicted molar refractivity (Wildman–Crippen MR) is 63.2 cm³/mol. The summed E-state index contributed by atoms with van der Waals surface area (Å²) < 4.78 is 28.8. The van der Waals surface area contributed by atoms with Gasteiger partial charge in [-0.05, 0) is 33.6 Å². The molecule has 96 valence electrons. The van der Waals surface area contributed by atoms with E-state index >= 15 is 0 Å². The number of aliphatic hydroxyl groups excluding tert-OH is 1. The Kier molecular flexibility index (Phi) is 3.99. The van der Waals surface area contributed by atoms with E-state index in [4.69, 9.17) is 0 Å². The minimum Gasteiger partial charge on any atom is -0.394 e. The van der Waals surface area contributed by atoms with Crippen molar-refractivity contribution in [2.75, 3.05) is 6.61 Å². The van der Waals surface area contributed by atoms with Crippen molar-refractivity contribution >= 4 is 10.2 Å². The molecule has 0 bridgehead atoms. The Morgan fingerprint density at radius 2 is 1.75 bits per heavy atom. The smallest absolute Gasteiger partial charge is 0.277 e. The van der Waals surface area contributed by atoms with E-state index in [1.54, 1.807) is 20.8 Å². The summed E-state index contributed by atoms with van der Waals surface area (Å²) in [6.45, 7) is 5.21. The van der Waals surface area contributed by atoms with E-state index in [0.717, 1.165) is 12.8 Å². The van der Waals surface area contributed by atoms with Crippen LogP contribution in [0.5, 0.6) is 0 Å². The molecule has 1 rings (SSSR count). The molecule has 0 unspecified atom stereocenters. The molecule has 0 aliphatic heterocycles. The number of aliphatic hydroxyl groups is 1. The van der Waals surface area contributed by atoms with Crippen molar-refractivity contribution in [1.29, 1.82) is 0 Å². The summed E-state index contributed by atoms with van der Waals surface area (Å²) in [6, 6.07) is 0. The molecule has 0 spiro atoms. The molecule has 1 aliphatic rings. The molecule has 0 amide bonds. The quantitative estimate of drug-likeness (QED) is 0.680. The zero-order valence-corrected chi connectivity index (χ0v) is 11.0. The molecule has 3 N–H and O–H groups in total. The van der Waals surface area contributed by atoms with E-state index in [-0.39, 0.29) is 6.61 Å². The summed E-state index contributed by atoms with van der Waals surface area (Å²) in [5.41, 5.74) is -1.17. The van der Waals surface area contributed by atoms with Gasteiger partial charge in [0, 0.05) is 5.54 Å². The molecule has 16 heavy (non-hydrogen) atoms. The first kappa shape index (κ1) is 13.9. The van der Waals surface area contributed by atoms with Crippen LogP contribution < -0.4 is 9.44 Å². The Bertz CT molecular complexity index is 326. The van der Waals surface area contributed by atoms with E-state index in [2.05, 4.69) is 9.44 Å². The third kappa shape index (κ3) is 4.01. The summed E-state index contributed by atoms with van der Waals surface area (Å²) >= 11 is 0. The molecule has 0 aromatic heterocycles. The maximum Gasteiger partial charge on any atom is 0.277 e. The Morgan fingerprint density at radius 1 is 1.25 bits per heavy atom. The standard InChI is InChI=1S/C10H22N2O3S/c1-9(2,3)11-16(14,15)12-10(8-13)6-4-5-7-10/h11-13H,4-8H2,1-3H3. The maximum atomic E-state index is 11.8. The van der Waals surface area contributed by atoms with Crippen molar-refractivity contribution in [3.05, 3.63) is 0 Å². The van der Waals surface area contributed by atoms with E-state index in [9.17, 15) is 13.5 Å². The van der Waals surface area contributed by atoms with Gasteiger partial charge < -0.3 is 5.11 Å². The lowest BCUT2D eigenvalue weighted by molar-refractivity contribution is 0.184. The Labute approximate surface area is 97.8 Å². The molecule has 5 nitrogen and oxygen atoms in total. The number of rotatable bonds is 4. The van der Waals surface area contributed by atoms with Gasteiger partial charge in [0.15, 0.2) is 0 Å². The SMILES string of the molecule is CC(C)(C)NS(=O)(=O)NC1(CO)CCCC1. The van der Waals surface area contributed by atoms with Gasteiger partial charge in [-0.25, -0.2) is 0 Å². The molecule has 6 heteroatoms. The van der Waals surface area contributed by atoms with Crippen LogP contribution in [-0.2, 0) is 10.2 Å². The minimum atomic E-state index is -3.55. The summed E-state index contributed by atoms with van der Waals surface area (Å²) in [5.74, 6) is 0. The zero-order chi connectivity index (χ0) is 12.4. The molecule has 0 radical (unpaired) electrons. The minimum absolute atomic E-state index is 0.141. The highest BCUT2D eigenvalue weighted by Gasteiger charge is 2.37. The summed E-state index contributed by atoms with van der Waals surface area (Å²) in [4.78, 5) is 0. The van der Waals surface area contributed by atoms with Crippen molar-refractivity contribution in [2.24, 2.45) is 0 Å². The monoisotopic (exact) mass is 250 g/mol. The highest BCUT2D eigenvalue weighted by atomic mass is 32.2. The molecular weight excluding hydrogens is 228 g/mol. The fraction of sp³-hybridized carbons (Fsp3) is 1.00. The average Bonchev–Trinajstić information content (AvgIpc) is 2.48. The molecule has 0 aromatic rings. The number of nitrogens with one attached hydrogen (secondary N) is 2. The molecule has 0 heterocycles. The van der Waals surface area contributed by atoms with Crippen molar-refractivity contribution in [1.82, 2.24) is 9.44 Å². The van der Waals surface area contributed by atoms with Crippen LogP contribution in [0, 0.1) is 0 Å². The van der Waals surface area contributed by atoms with Gasteiger partial charge in [0.2, 0.25) is 0 Å². The molecule has 0 aromatic carbocycles. The second kappa shape index (κ2) is 4.60. The van der Waals surface area contributed by atoms with Crippen LogP contribution in [-0.4, -0.2) is 31.2 Å². The van der Waals surface area contributed by atoms with Gasteiger partial charge in [0.1, 0.15) is 0 Å². The number of hydrogen-bond acceptors (Lipinski definition) is 3. The van der Waals surface area contributed by atoms with E-state index in [1.807, 2.05) is 0 Å². The predicted octanol–water partition coefficient (Wildman–Crippen LogP) is 0.514. The zero-order valence-electron chi connectivity index (χ0n) is 10.2. The molecule has 1 aliphatic carbocycles. The topological polar surface area (TPSA) is 78.4 Å². The van der Waals surface area contributed by atoms with Gasteiger partial charge in [-0.3, -0.25) is 0 Å². The van der Waals surface area contributed by atoms with Gasteiger partial charge in [0.05, 0.1) is 12.1 Å². The first-order valence-corrected chi connectivity index (χ1v) is 7.10. The summed E-state index contributed by atoms with van der Waals surface area (Å²) in [5, 5.41) is 9.32. The first-order valence-electron chi connectivity index (χ1n) is 5.62. The molecule has 0 saturated heterocycles. The van der Waals surface area contributed by atoms with Crippen molar-refractivity contribution in [3.8, 4) is 0 Å².